The molecule has 0 atom stereocenters. The van der Waals surface area contributed by atoms with E-state index in [9.17, 15) is 0 Å². The normalized spacial score (nSPS) is 17.2. The summed E-state index contributed by atoms with van der Waals surface area (Å²) in [4.78, 5) is 0. The van der Waals surface area contributed by atoms with E-state index < -0.39 is 21.3 Å². The van der Waals surface area contributed by atoms with E-state index in [-0.39, 0.29) is 20.2 Å². The SMILES string of the molecule is C[C](C)=[Zr]([C]1=CC(C(C)(C)C)=CC1)[C]1=CC(C(C)(C)C)=CC1.F.F. The summed E-state index contributed by atoms with van der Waals surface area (Å²) in [6.45, 7) is 18.7. The van der Waals surface area contributed by atoms with Gasteiger partial charge >= 0.3 is 146 Å². The molecule has 0 aliphatic heterocycles. The summed E-state index contributed by atoms with van der Waals surface area (Å²) in [5.74, 6) is 0. The van der Waals surface area contributed by atoms with Crippen molar-refractivity contribution in [2.24, 2.45) is 10.8 Å². The Bertz CT molecular complexity index is 576. The summed E-state index contributed by atoms with van der Waals surface area (Å²) in [6.07, 6.45) is 12.5. The van der Waals surface area contributed by atoms with Gasteiger partial charge in [-0.05, 0) is 0 Å². The molecule has 136 valence electrons. The average Bonchev–Trinajstić information content (AvgIpc) is 2.95. The van der Waals surface area contributed by atoms with Crippen LogP contribution in [0.4, 0.5) is 9.41 Å². The van der Waals surface area contributed by atoms with Crippen LogP contribution in [0.1, 0.15) is 68.2 Å². The van der Waals surface area contributed by atoms with Crippen molar-refractivity contribution in [2.45, 2.75) is 68.2 Å². The fraction of sp³-hybridized carbons (Fsp3) is 0.571. The van der Waals surface area contributed by atoms with Crippen molar-refractivity contribution in [2.75, 3.05) is 0 Å². The van der Waals surface area contributed by atoms with E-state index in [1.165, 1.54) is 12.8 Å². The quantitative estimate of drug-likeness (QED) is 0.474. The second-order valence-corrected chi connectivity index (χ2v) is 16.4. The summed E-state index contributed by atoms with van der Waals surface area (Å²) in [7, 11) is 0. The molecule has 0 bridgehead atoms. The molecule has 0 aromatic rings. The molecule has 0 nitrogen and oxygen atoms in total. The largest absolute Gasteiger partial charge is 0.269 e. The smallest absolute Gasteiger partial charge is 0.269 e. The Kier molecular flexibility index (Phi) is 8.15. The molecule has 0 radical (unpaired) electrons. The summed E-state index contributed by atoms with van der Waals surface area (Å²) in [5, 5.41) is 0. The standard InChI is InChI=1S/2C9H13.C3H6.2FH.Zr/c2*1-9(2,3)8-6-4-5-7-8;1-3-2;;;/h2*6-7H,4H2,1-3H3;1-2H3;2*1H;. The van der Waals surface area contributed by atoms with Gasteiger partial charge in [-0.3, -0.25) is 9.41 Å². The molecule has 2 aliphatic rings. The minimum absolute atomic E-state index is 0. The molecule has 0 heterocycles. The summed E-state index contributed by atoms with van der Waals surface area (Å²) < 4.78 is 5.27. The van der Waals surface area contributed by atoms with Crippen molar-refractivity contribution in [3.63, 3.8) is 0 Å². The van der Waals surface area contributed by atoms with Gasteiger partial charge in [0, 0.05) is 0 Å². The third-order valence-electron chi connectivity index (χ3n) is 4.62. The Hall–Kier alpha value is -0.427. The van der Waals surface area contributed by atoms with Crippen molar-refractivity contribution in [1.29, 1.82) is 0 Å². The Morgan fingerprint density at radius 1 is 0.750 bits per heavy atom. The van der Waals surface area contributed by atoms with Crippen molar-refractivity contribution in [3.8, 4) is 0 Å². The minimum Gasteiger partial charge on any atom is -0.269 e. The van der Waals surface area contributed by atoms with Gasteiger partial charge in [0.05, 0.1) is 0 Å². The van der Waals surface area contributed by atoms with Crippen molar-refractivity contribution in [3.05, 3.63) is 42.0 Å². The third-order valence-corrected chi connectivity index (χ3v) is 11.9. The molecule has 0 amide bonds. The Labute approximate surface area is 154 Å². The van der Waals surface area contributed by atoms with Crippen molar-refractivity contribution < 1.29 is 30.7 Å². The molecule has 24 heavy (non-hydrogen) atoms. The Morgan fingerprint density at radius 3 is 1.29 bits per heavy atom. The maximum Gasteiger partial charge on any atom is -0.269 e. The maximum absolute atomic E-state index is 2.55. The molecule has 0 saturated carbocycles. The van der Waals surface area contributed by atoms with Crippen LogP contribution in [-0.4, -0.2) is 3.21 Å². The molecule has 0 spiro atoms. The monoisotopic (exact) mass is 414 g/mol. The fourth-order valence-electron chi connectivity index (χ4n) is 3.29. The summed E-state index contributed by atoms with van der Waals surface area (Å²) in [6, 6.07) is 0. The van der Waals surface area contributed by atoms with Crippen LogP contribution < -0.4 is 0 Å². The molecule has 3 heteroatoms. The maximum atomic E-state index is 2.55. The van der Waals surface area contributed by atoms with E-state index >= 15 is 0 Å². The minimum atomic E-state index is -1.77. The predicted molar refractivity (Wildman–Crippen MR) is 102 cm³/mol. The van der Waals surface area contributed by atoms with Gasteiger partial charge in [-0.15, -0.1) is 0 Å². The fourth-order valence-corrected chi connectivity index (χ4v) is 10.4. The van der Waals surface area contributed by atoms with Gasteiger partial charge in [0.2, 0.25) is 0 Å². The van der Waals surface area contributed by atoms with Gasteiger partial charge in [0.15, 0.2) is 0 Å². The third kappa shape index (κ3) is 5.28. The zero-order valence-corrected chi connectivity index (χ0v) is 19.0. The number of rotatable bonds is 2. The second kappa shape index (κ2) is 8.30. The number of halogens is 2. The molecule has 0 fully saturated rings. The van der Waals surface area contributed by atoms with Crippen LogP contribution in [0.25, 0.3) is 0 Å². The van der Waals surface area contributed by atoms with Gasteiger partial charge in [-0.2, -0.15) is 0 Å². The van der Waals surface area contributed by atoms with Crippen molar-refractivity contribution >= 4 is 3.21 Å². The van der Waals surface area contributed by atoms with Crippen LogP contribution in [0.5, 0.6) is 0 Å². The van der Waals surface area contributed by atoms with Gasteiger partial charge < -0.3 is 0 Å². The van der Waals surface area contributed by atoms with Gasteiger partial charge in [0.1, 0.15) is 0 Å². The first-order valence-electron chi connectivity index (χ1n) is 8.51. The van der Waals surface area contributed by atoms with E-state index in [1.54, 1.807) is 20.9 Å². The van der Waals surface area contributed by atoms with E-state index in [0.29, 0.717) is 0 Å². The zero-order chi connectivity index (χ0) is 16.7. The van der Waals surface area contributed by atoms with E-state index in [1.807, 2.05) is 0 Å². The number of hydrogen-bond donors (Lipinski definition) is 0. The van der Waals surface area contributed by atoms with Crippen LogP contribution >= 0.6 is 0 Å². The summed E-state index contributed by atoms with van der Waals surface area (Å²) >= 11 is -1.77. The Morgan fingerprint density at radius 2 is 1.08 bits per heavy atom. The molecule has 0 unspecified atom stereocenters. The van der Waals surface area contributed by atoms with Gasteiger partial charge in [-0.1, -0.05) is 0 Å². The molecule has 0 N–H and O–H groups in total. The van der Waals surface area contributed by atoms with Crippen LogP contribution in [0.2, 0.25) is 0 Å². The molecular weight excluding hydrogens is 381 g/mol. The van der Waals surface area contributed by atoms with E-state index in [4.69, 9.17) is 0 Å². The molecule has 2 rings (SSSR count). The van der Waals surface area contributed by atoms with Crippen LogP contribution in [0.15, 0.2) is 42.0 Å². The van der Waals surface area contributed by atoms with Crippen LogP contribution in [0.3, 0.4) is 0 Å². The van der Waals surface area contributed by atoms with Crippen LogP contribution in [0, 0.1) is 10.8 Å². The molecule has 0 aromatic carbocycles. The first kappa shape index (κ1) is 23.6. The molecule has 2 aliphatic carbocycles. The molecular formula is C21H34F2Zr. The average molecular weight is 416 g/mol. The molecule has 0 saturated heterocycles. The number of hydrogen-bond acceptors (Lipinski definition) is 0. The van der Waals surface area contributed by atoms with Crippen molar-refractivity contribution in [1.82, 2.24) is 0 Å². The first-order valence-corrected chi connectivity index (χ1v) is 12.2. The summed E-state index contributed by atoms with van der Waals surface area (Å²) in [5.41, 5.74) is 3.67. The van der Waals surface area contributed by atoms with Gasteiger partial charge in [-0.25, -0.2) is 0 Å². The second-order valence-electron chi connectivity index (χ2n) is 8.94. The zero-order valence-electron chi connectivity index (χ0n) is 16.5. The number of allylic oxidation sites excluding steroid dienone is 8. The molecule has 0 aromatic heterocycles. The van der Waals surface area contributed by atoms with E-state index in [0.717, 1.165) is 0 Å². The van der Waals surface area contributed by atoms with Crippen LogP contribution in [-0.2, 0) is 21.3 Å². The van der Waals surface area contributed by atoms with Gasteiger partial charge in [0.25, 0.3) is 0 Å². The predicted octanol–water partition coefficient (Wildman–Crippen LogP) is 6.64. The topological polar surface area (TPSA) is 0 Å². The van der Waals surface area contributed by atoms with E-state index in [2.05, 4.69) is 79.7 Å². The Balaban J connectivity index is 0.00000264. The first-order chi connectivity index (χ1) is 10.00.